The highest BCUT2D eigenvalue weighted by Crippen LogP contribution is 2.24. The van der Waals surface area contributed by atoms with Crippen LogP contribution in [0, 0.1) is 0 Å². The van der Waals surface area contributed by atoms with E-state index in [2.05, 4.69) is 25.2 Å². The zero-order valence-electron chi connectivity index (χ0n) is 18.7. The van der Waals surface area contributed by atoms with E-state index in [1.165, 1.54) is 11.8 Å². The summed E-state index contributed by atoms with van der Waals surface area (Å²) >= 11 is 7.49. The summed E-state index contributed by atoms with van der Waals surface area (Å²) in [6.07, 6.45) is 1.69. The van der Waals surface area contributed by atoms with E-state index in [4.69, 9.17) is 11.6 Å². The quantitative estimate of drug-likeness (QED) is 0.305. The van der Waals surface area contributed by atoms with Crippen molar-refractivity contribution in [3.63, 3.8) is 0 Å². The summed E-state index contributed by atoms with van der Waals surface area (Å²) in [5, 5.41) is 3.59. The van der Waals surface area contributed by atoms with Crippen molar-refractivity contribution in [1.82, 2.24) is 25.2 Å². The lowest BCUT2D eigenvalue weighted by Gasteiger charge is -2.40. The number of hydrogen-bond acceptors (Lipinski definition) is 7. The highest BCUT2D eigenvalue weighted by Gasteiger charge is 2.29. The molecular formula is C24H25ClN6O2S. The smallest absolute Gasteiger partial charge is 0.254 e. The first kappa shape index (κ1) is 24.0. The van der Waals surface area contributed by atoms with Crippen LogP contribution in [0.5, 0.6) is 0 Å². The maximum atomic E-state index is 12.9. The molecule has 1 fully saturated rings. The highest BCUT2D eigenvalue weighted by atomic mass is 35.5. The number of hydrogen-bond donors (Lipinski definition) is 1. The van der Waals surface area contributed by atoms with Gasteiger partial charge >= 0.3 is 0 Å². The van der Waals surface area contributed by atoms with Gasteiger partial charge in [0.25, 0.3) is 5.91 Å². The number of aromatic nitrogens is 3. The Balaban J connectivity index is 1.34. The lowest BCUT2D eigenvalue weighted by Crippen LogP contribution is -2.54. The fourth-order valence-electron chi connectivity index (χ4n) is 3.70. The summed E-state index contributed by atoms with van der Waals surface area (Å²) in [5.41, 5.74) is 1.48. The van der Waals surface area contributed by atoms with E-state index in [0.29, 0.717) is 47.9 Å². The van der Waals surface area contributed by atoms with Gasteiger partial charge in [0.05, 0.1) is 18.0 Å². The molecule has 0 aliphatic carbocycles. The van der Waals surface area contributed by atoms with E-state index in [0.717, 1.165) is 5.69 Å². The van der Waals surface area contributed by atoms with Crippen LogP contribution < -0.4 is 10.2 Å². The molecule has 3 heterocycles. The molecule has 1 atom stereocenters. The molecule has 0 spiro atoms. The Morgan fingerprint density at radius 3 is 2.65 bits per heavy atom. The van der Waals surface area contributed by atoms with E-state index < -0.39 is 0 Å². The number of piperazine rings is 1. The molecule has 0 radical (unpaired) electrons. The summed E-state index contributed by atoms with van der Waals surface area (Å²) < 4.78 is 0. The molecule has 2 aromatic heterocycles. The third kappa shape index (κ3) is 6.24. The number of nitrogens with zero attached hydrogens (tertiary/aromatic N) is 5. The number of pyridine rings is 1. The average molecular weight is 497 g/mol. The number of halogens is 1. The normalized spacial score (nSPS) is 15.8. The number of carbonyl (C=O) groups excluding carboxylic acids is 2. The van der Waals surface area contributed by atoms with Crippen LogP contribution in [0.4, 0.5) is 5.82 Å². The van der Waals surface area contributed by atoms with Crippen LogP contribution in [0.3, 0.4) is 0 Å². The van der Waals surface area contributed by atoms with Crippen molar-refractivity contribution in [3.8, 4) is 0 Å². The van der Waals surface area contributed by atoms with E-state index in [1.54, 1.807) is 12.3 Å². The maximum absolute atomic E-state index is 12.9. The lowest BCUT2D eigenvalue weighted by atomic mass is 10.1. The Morgan fingerprint density at radius 1 is 1.12 bits per heavy atom. The summed E-state index contributed by atoms with van der Waals surface area (Å²) in [6.45, 7) is 4.23. The minimum atomic E-state index is -0.137. The first-order valence-electron chi connectivity index (χ1n) is 10.9. The van der Waals surface area contributed by atoms with Gasteiger partial charge in [-0.05, 0) is 31.2 Å². The molecule has 1 aliphatic heterocycles. The van der Waals surface area contributed by atoms with E-state index in [-0.39, 0.29) is 23.6 Å². The third-order valence-corrected chi connectivity index (χ3v) is 6.46. The van der Waals surface area contributed by atoms with Crippen molar-refractivity contribution < 1.29 is 9.59 Å². The van der Waals surface area contributed by atoms with Gasteiger partial charge in [0.2, 0.25) is 5.91 Å². The zero-order chi connectivity index (χ0) is 23.9. The first-order chi connectivity index (χ1) is 16.5. The number of thioether (sulfide) groups is 1. The van der Waals surface area contributed by atoms with Gasteiger partial charge in [0, 0.05) is 43.5 Å². The molecule has 0 saturated carbocycles. The molecule has 176 valence electrons. The highest BCUT2D eigenvalue weighted by molar-refractivity contribution is 7.99. The van der Waals surface area contributed by atoms with Crippen LogP contribution in [0.2, 0.25) is 5.15 Å². The average Bonchev–Trinajstić information content (AvgIpc) is 2.86. The van der Waals surface area contributed by atoms with Crippen LogP contribution in [0.25, 0.3) is 0 Å². The van der Waals surface area contributed by atoms with E-state index in [1.807, 2.05) is 60.4 Å². The second-order valence-electron chi connectivity index (χ2n) is 7.88. The molecule has 2 amide bonds. The van der Waals surface area contributed by atoms with Crippen LogP contribution in [0.15, 0.2) is 66.0 Å². The molecule has 1 saturated heterocycles. The summed E-state index contributed by atoms with van der Waals surface area (Å²) in [6, 6.07) is 16.6. The SMILES string of the molecule is CC1CN(c2cc(Cl)nc(SCC(=O)NCc3ccccn3)n2)CCN1C(=O)c1ccccc1. The molecular weight excluding hydrogens is 472 g/mol. The van der Waals surface area contributed by atoms with Gasteiger partial charge in [-0.25, -0.2) is 9.97 Å². The van der Waals surface area contributed by atoms with Gasteiger partial charge < -0.3 is 15.1 Å². The molecule has 1 aliphatic rings. The summed E-state index contributed by atoms with van der Waals surface area (Å²) in [7, 11) is 0. The van der Waals surface area contributed by atoms with Crippen molar-refractivity contribution in [3.05, 3.63) is 77.2 Å². The molecule has 0 bridgehead atoms. The van der Waals surface area contributed by atoms with Gasteiger partial charge in [-0.2, -0.15) is 0 Å². The first-order valence-corrected chi connectivity index (χ1v) is 12.3. The number of anilines is 1. The second kappa shape index (κ2) is 11.3. The topological polar surface area (TPSA) is 91.3 Å². The Labute approximate surface area is 207 Å². The number of amides is 2. The number of rotatable bonds is 7. The summed E-state index contributed by atoms with van der Waals surface area (Å²) in [4.78, 5) is 42.1. The standard InChI is InChI=1S/C24H25ClN6O2S/c1-17-15-30(11-12-31(17)23(33)18-7-3-2-4-8-18)21-13-20(25)28-24(29-21)34-16-22(32)27-14-19-9-5-6-10-26-19/h2-10,13,17H,11-12,14-16H2,1H3,(H,27,32). The van der Waals surface area contributed by atoms with Crippen molar-refractivity contribution >= 4 is 41.0 Å². The largest absolute Gasteiger partial charge is 0.353 e. The van der Waals surface area contributed by atoms with Crippen LogP contribution in [-0.4, -0.2) is 63.1 Å². The predicted molar refractivity (Wildman–Crippen MR) is 133 cm³/mol. The van der Waals surface area contributed by atoms with Gasteiger partial charge in [0.15, 0.2) is 5.16 Å². The Kier molecular flexibility index (Phi) is 7.97. The zero-order valence-corrected chi connectivity index (χ0v) is 20.3. The van der Waals surface area contributed by atoms with Gasteiger partial charge in [-0.15, -0.1) is 0 Å². The van der Waals surface area contributed by atoms with Crippen LogP contribution in [-0.2, 0) is 11.3 Å². The molecule has 1 N–H and O–H groups in total. The predicted octanol–water partition coefficient (Wildman–Crippen LogP) is 3.28. The molecule has 4 rings (SSSR count). The molecule has 34 heavy (non-hydrogen) atoms. The minimum Gasteiger partial charge on any atom is -0.353 e. The molecule has 8 nitrogen and oxygen atoms in total. The van der Waals surface area contributed by atoms with Crippen molar-refractivity contribution in [2.45, 2.75) is 24.7 Å². The molecule has 1 aromatic carbocycles. The second-order valence-corrected chi connectivity index (χ2v) is 9.21. The number of benzene rings is 1. The van der Waals surface area contributed by atoms with E-state index >= 15 is 0 Å². The Bertz CT molecular complexity index is 1130. The third-order valence-electron chi connectivity index (χ3n) is 5.42. The molecule has 10 heteroatoms. The van der Waals surface area contributed by atoms with Crippen LogP contribution in [0.1, 0.15) is 23.0 Å². The maximum Gasteiger partial charge on any atom is 0.254 e. The van der Waals surface area contributed by atoms with Gasteiger partial charge in [-0.3, -0.25) is 14.6 Å². The number of carbonyl (C=O) groups is 2. The van der Waals surface area contributed by atoms with Crippen molar-refractivity contribution in [2.75, 3.05) is 30.3 Å². The van der Waals surface area contributed by atoms with E-state index in [9.17, 15) is 9.59 Å². The lowest BCUT2D eigenvalue weighted by molar-refractivity contribution is -0.118. The fourth-order valence-corrected chi connectivity index (χ4v) is 4.61. The van der Waals surface area contributed by atoms with Crippen LogP contribution >= 0.6 is 23.4 Å². The molecule has 1 unspecified atom stereocenters. The van der Waals surface area contributed by atoms with Crippen molar-refractivity contribution in [2.24, 2.45) is 0 Å². The monoisotopic (exact) mass is 496 g/mol. The Morgan fingerprint density at radius 2 is 1.91 bits per heavy atom. The van der Waals surface area contributed by atoms with Gasteiger partial charge in [0.1, 0.15) is 11.0 Å². The number of nitrogens with one attached hydrogen (secondary N) is 1. The van der Waals surface area contributed by atoms with Crippen molar-refractivity contribution in [1.29, 1.82) is 0 Å². The molecule has 3 aromatic rings. The fraction of sp³-hybridized carbons (Fsp3) is 0.292. The summed E-state index contributed by atoms with van der Waals surface area (Å²) in [5.74, 6) is 0.751. The van der Waals surface area contributed by atoms with Gasteiger partial charge in [-0.1, -0.05) is 47.6 Å². The minimum absolute atomic E-state index is 0.00340. The Hall–Kier alpha value is -3.17.